The van der Waals surface area contributed by atoms with Crippen LogP contribution in [0, 0.1) is 5.41 Å². The molecule has 3 heteroatoms. The topological polar surface area (TPSA) is 44.5 Å². The van der Waals surface area contributed by atoms with E-state index in [4.69, 9.17) is 15.2 Å². The molecule has 1 aromatic rings. The van der Waals surface area contributed by atoms with Gasteiger partial charge in [0.2, 0.25) is 0 Å². The Labute approximate surface area is 110 Å². The summed E-state index contributed by atoms with van der Waals surface area (Å²) in [6, 6.07) is 5.94. The van der Waals surface area contributed by atoms with Gasteiger partial charge >= 0.3 is 0 Å². The molecule has 0 aliphatic heterocycles. The van der Waals surface area contributed by atoms with Crippen LogP contribution in [0.1, 0.15) is 38.7 Å². The molecular weight excluding hydrogens is 226 g/mol. The zero-order chi connectivity index (χ0) is 13.8. The van der Waals surface area contributed by atoms with Crippen LogP contribution >= 0.6 is 0 Å². The molecule has 0 aliphatic carbocycles. The molecule has 0 bridgehead atoms. The van der Waals surface area contributed by atoms with E-state index in [-0.39, 0.29) is 5.41 Å². The van der Waals surface area contributed by atoms with Gasteiger partial charge in [-0.1, -0.05) is 20.8 Å². The smallest absolute Gasteiger partial charge is 0.122 e. The summed E-state index contributed by atoms with van der Waals surface area (Å²) in [6.45, 7) is 7.35. The van der Waals surface area contributed by atoms with Gasteiger partial charge in [0.1, 0.15) is 11.5 Å². The summed E-state index contributed by atoms with van der Waals surface area (Å²) >= 11 is 0. The highest BCUT2D eigenvalue weighted by molar-refractivity contribution is 5.43. The maximum absolute atomic E-state index is 5.75. The van der Waals surface area contributed by atoms with Crippen LogP contribution < -0.4 is 15.2 Å². The molecule has 0 fully saturated rings. The van der Waals surface area contributed by atoms with Crippen molar-refractivity contribution in [2.24, 2.45) is 11.1 Å². The fourth-order valence-corrected chi connectivity index (χ4v) is 2.33. The van der Waals surface area contributed by atoms with Gasteiger partial charge in [-0.25, -0.2) is 0 Å². The highest BCUT2D eigenvalue weighted by Gasteiger charge is 2.28. The van der Waals surface area contributed by atoms with Crippen LogP contribution in [-0.2, 0) is 0 Å². The maximum atomic E-state index is 5.75. The van der Waals surface area contributed by atoms with E-state index in [1.54, 1.807) is 14.2 Å². The van der Waals surface area contributed by atoms with Gasteiger partial charge < -0.3 is 15.2 Å². The maximum Gasteiger partial charge on any atom is 0.122 e. The number of benzene rings is 1. The molecule has 0 heterocycles. The first-order valence-electron chi connectivity index (χ1n) is 6.36. The lowest BCUT2D eigenvalue weighted by atomic mass is 9.74. The third-order valence-electron chi connectivity index (χ3n) is 3.31. The lowest BCUT2D eigenvalue weighted by Gasteiger charge is -2.32. The van der Waals surface area contributed by atoms with Gasteiger partial charge in [0.25, 0.3) is 0 Å². The van der Waals surface area contributed by atoms with Gasteiger partial charge in [0.15, 0.2) is 0 Å². The molecule has 0 spiro atoms. The van der Waals surface area contributed by atoms with Crippen LogP contribution in [0.2, 0.25) is 0 Å². The predicted octanol–water partition coefficient (Wildman–Crippen LogP) is 3.18. The van der Waals surface area contributed by atoms with Crippen LogP contribution in [0.4, 0.5) is 0 Å². The van der Waals surface area contributed by atoms with Crippen molar-refractivity contribution in [2.45, 2.75) is 33.1 Å². The number of hydrogen-bond donors (Lipinski definition) is 1. The van der Waals surface area contributed by atoms with Crippen LogP contribution in [-0.4, -0.2) is 20.8 Å². The normalized spacial score (nSPS) is 13.2. The van der Waals surface area contributed by atoms with Gasteiger partial charge in [-0.3, -0.25) is 0 Å². The standard InChI is InChI=1S/C15H25NO2/c1-15(2,3)13(8-9-16)12-10-11(17-4)6-7-14(12)18-5/h6-7,10,13H,8-9,16H2,1-5H3. The predicted molar refractivity (Wildman–Crippen MR) is 75.4 cm³/mol. The van der Waals surface area contributed by atoms with Crippen LogP contribution in [0.15, 0.2) is 18.2 Å². The Bertz CT molecular complexity index is 383. The Morgan fingerprint density at radius 1 is 1.17 bits per heavy atom. The third kappa shape index (κ3) is 3.39. The zero-order valence-corrected chi connectivity index (χ0v) is 12.1. The molecule has 0 saturated carbocycles. The Balaban J connectivity index is 3.24. The average Bonchev–Trinajstić information content (AvgIpc) is 2.33. The second-order valence-electron chi connectivity index (χ2n) is 5.60. The quantitative estimate of drug-likeness (QED) is 0.874. The largest absolute Gasteiger partial charge is 0.497 e. The molecular formula is C15H25NO2. The van der Waals surface area contributed by atoms with E-state index in [1.807, 2.05) is 12.1 Å². The van der Waals surface area contributed by atoms with Crippen molar-refractivity contribution in [3.05, 3.63) is 23.8 Å². The van der Waals surface area contributed by atoms with Crippen molar-refractivity contribution >= 4 is 0 Å². The Kier molecular flexibility index (Phi) is 5.03. The summed E-state index contributed by atoms with van der Waals surface area (Å²) in [5, 5.41) is 0. The fourth-order valence-electron chi connectivity index (χ4n) is 2.33. The molecule has 1 atom stereocenters. The van der Waals surface area contributed by atoms with Gasteiger partial charge in [-0.05, 0) is 42.5 Å². The molecule has 1 aromatic carbocycles. The second-order valence-corrected chi connectivity index (χ2v) is 5.60. The number of nitrogens with two attached hydrogens (primary N) is 1. The summed E-state index contributed by atoms with van der Waals surface area (Å²) < 4.78 is 10.8. The summed E-state index contributed by atoms with van der Waals surface area (Å²) in [4.78, 5) is 0. The molecule has 1 rings (SSSR count). The van der Waals surface area contributed by atoms with E-state index >= 15 is 0 Å². The van der Waals surface area contributed by atoms with Crippen molar-refractivity contribution in [2.75, 3.05) is 20.8 Å². The molecule has 0 saturated heterocycles. The Morgan fingerprint density at radius 2 is 1.83 bits per heavy atom. The highest BCUT2D eigenvalue weighted by Crippen LogP contribution is 2.42. The van der Waals surface area contributed by atoms with Crippen molar-refractivity contribution < 1.29 is 9.47 Å². The minimum Gasteiger partial charge on any atom is -0.497 e. The summed E-state index contributed by atoms with van der Waals surface area (Å²) in [5.74, 6) is 2.12. The monoisotopic (exact) mass is 251 g/mol. The van der Waals surface area contributed by atoms with Crippen LogP contribution in [0.5, 0.6) is 11.5 Å². The number of ether oxygens (including phenoxy) is 2. The number of rotatable bonds is 5. The van der Waals surface area contributed by atoms with Crippen LogP contribution in [0.3, 0.4) is 0 Å². The molecule has 102 valence electrons. The van der Waals surface area contributed by atoms with E-state index < -0.39 is 0 Å². The minimum absolute atomic E-state index is 0.138. The zero-order valence-electron chi connectivity index (χ0n) is 12.1. The Morgan fingerprint density at radius 3 is 2.28 bits per heavy atom. The molecule has 0 aromatic heterocycles. The summed E-state index contributed by atoms with van der Waals surface area (Å²) in [6.07, 6.45) is 0.938. The highest BCUT2D eigenvalue weighted by atomic mass is 16.5. The third-order valence-corrected chi connectivity index (χ3v) is 3.31. The molecule has 3 nitrogen and oxygen atoms in total. The number of hydrogen-bond acceptors (Lipinski definition) is 3. The molecule has 1 unspecified atom stereocenters. The first-order valence-corrected chi connectivity index (χ1v) is 6.36. The lowest BCUT2D eigenvalue weighted by Crippen LogP contribution is -2.22. The van der Waals surface area contributed by atoms with Crippen molar-refractivity contribution in [3.63, 3.8) is 0 Å². The first-order chi connectivity index (χ1) is 8.43. The van der Waals surface area contributed by atoms with E-state index in [2.05, 4.69) is 26.8 Å². The van der Waals surface area contributed by atoms with Gasteiger partial charge in [0.05, 0.1) is 14.2 Å². The molecule has 0 amide bonds. The van der Waals surface area contributed by atoms with Crippen molar-refractivity contribution in [1.82, 2.24) is 0 Å². The van der Waals surface area contributed by atoms with E-state index in [1.165, 1.54) is 5.56 Å². The fraction of sp³-hybridized carbons (Fsp3) is 0.600. The average molecular weight is 251 g/mol. The van der Waals surface area contributed by atoms with Crippen LogP contribution in [0.25, 0.3) is 0 Å². The molecule has 0 aliphatic rings. The van der Waals surface area contributed by atoms with Gasteiger partial charge in [0, 0.05) is 5.56 Å². The van der Waals surface area contributed by atoms with E-state index in [0.717, 1.165) is 17.9 Å². The van der Waals surface area contributed by atoms with Gasteiger partial charge in [-0.15, -0.1) is 0 Å². The SMILES string of the molecule is COc1ccc(OC)c(C(CCN)C(C)(C)C)c1. The number of methoxy groups -OCH3 is 2. The molecule has 0 radical (unpaired) electrons. The minimum atomic E-state index is 0.138. The molecule has 18 heavy (non-hydrogen) atoms. The van der Waals surface area contributed by atoms with Gasteiger partial charge in [-0.2, -0.15) is 0 Å². The van der Waals surface area contributed by atoms with E-state index in [0.29, 0.717) is 12.5 Å². The van der Waals surface area contributed by atoms with Crippen molar-refractivity contribution in [3.8, 4) is 11.5 Å². The summed E-state index contributed by atoms with van der Waals surface area (Å²) in [5.41, 5.74) is 7.07. The molecule has 2 N–H and O–H groups in total. The lowest BCUT2D eigenvalue weighted by molar-refractivity contribution is 0.295. The Hall–Kier alpha value is -1.22. The summed E-state index contributed by atoms with van der Waals surface area (Å²) in [7, 11) is 3.38. The van der Waals surface area contributed by atoms with Crippen molar-refractivity contribution in [1.29, 1.82) is 0 Å². The first kappa shape index (κ1) is 14.8. The second kappa shape index (κ2) is 6.10. The van der Waals surface area contributed by atoms with E-state index in [9.17, 15) is 0 Å².